The minimum Gasteiger partial charge on any atom is -0.465 e. The molecule has 0 saturated carbocycles. The van der Waals surface area contributed by atoms with E-state index in [9.17, 15) is 14.4 Å². The number of hydrogen-bond acceptors (Lipinski definition) is 7. The molecule has 0 aliphatic heterocycles. The number of carbonyl (C=O) groups excluding carboxylic acids is 3. The lowest BCUT2D eigenvalue weighted by molar-refractivity contribution is -0.179. The Kier molecular flexibility index (Phi) is 8.00. The summed E-state index contributed by atoms with van der Waals surface area (Å²) in [6.07, 6.45) is 6.31. The van der Waals surface area contributed by atoms with E-state index in [-0.39, 0.29) is 5.97 Å². The van der Waals surface area contributed by atoms with Gasteiger partial charge in [-0.1, -0.05) is 64.1 Å². The Bertz CT molecular complexity index is 1430. The first kappa shape index (κ1) is 28.8. The first-order chi connectivity index (χ1) is 18.8. The van der Waals surface area contributed by atoms with Gasteiger partial charge in [-0.15, -0.1) is 0 Å². The Hall–Kier alpha value is -4.20. The summed E-state index contributed by atoms with van der Waals surface area (Å²) in [4.78, 5) is 36.2. The van der Waals surface area contributed by atoms with Crippen molar-refractivity contribution in [1.29, 1.82) is 0 Å². The van der Waals surface area contributed by atoms with Crippen molar-refractivity contribution in [2.75, 3.05) is 7.11 Å². The molecule has 8 heteroatoms. The molecule has 4 rings (SSSR count). The number of nitrogens with zero attached hydrogens (tertiary/aromatic N) is 2. The van der Waals surface area contributed by atoms with Gasteiger partial charge in [0.15, 0.2) is 0 Å². The lowest BCUT2D eigenvalue weighted by Crippen LogP contribution is -2.59. The van der Waals surface area contributed by atoms with Crippen LogP contribution >= 0.6 is 0 Å². The number of esters is 3. The predicted molar refractivity (Wildman–Crippen MR) is 152 cm³/mol. The fourth-order valence-corrected chi connectivity index (χ4v) is 5.46. The third-order valence-corrected chi connectivity index (χ3v) is 7.63. The van der Waals surface area contributed by atoms with Gasteiger partial charge < -0.3 is 14.2 Å². The van der Waals surface area contributed by atoms with Crippen LogP contribution in [0.5, 0.6) is 0 Å². The molecule has 1 aromatic heterocycles. The zero-order valence-electron chi connectivity index (χ0n) is 24.1. The number of carbonyl (C=O) groups is 3. The molecule has 0 unspecified atom stereocenters. The zero-order valence-corrected chi connectivity index (χ0v) is 24.1. The van der Waals surface area contributed by atoms with Crippen LogP contribution in [-0.4, -0.2) is 47.0 Å². The van der Waals surface area contributed by atoms with Gasteiger partial charge in [0.25, 0.3) is 0 Å². The third kappa shape index (κ3) is 5.71. The van der Waals surface area contributed by atoms with Crippen molar-refractivity contribution in [1.82, 2.24) is 9.78 Å². The van der Waals surface area contributed by atoms with Crippen LogP contribution in [0.3, 0.4) is 0 Å². The van der Waals surface area contributed by atoms with E-state index in [1.165, 1.54) is 21.0 Å². The van der Waals surface area contributed by atoms with Gasteiger partial charge >= 0.3 is 17.9 Å². The van der Waals surface area contributed by atoms with E-state index < -0.39 is 35.0 Å². The summed E-state index contributed by atoms with van der Waals surface area (Å²) in [5, 5.41) is 4.40. The van der Waals surface area contributed by atoms with Crippen LogP contribution < -0.4 is 0 Å². The largest absolute Gasteiger partial charge is 0.465 e. The Morgan fingerprint density at radius 2 is 1.48 bits per heavy atom. The molecule has 0 radical (unpaired) electrons. The van der Waals surface area contributed by atoms with Crippen molar-refractivity contribution in [2.45, 2.75) is 71.1 Å². The smallest absolute Gasteiger partial charge is 0.337 e. The van der Waals surface area contributed by atoms with E-state index in [1.54, 1.807) is 18.3 Å². The van der Waals surface area contributed by atoms with Gasteiger partial charge in [-0.05, 0) is 46.0 Å². The first-order valence-corrected chi connectivity index (χ1v) is 13.2. The molecule has 2 aromatic carbocycles. The minimum atomic E-state index is -0.684. The van der Waals surface area contributed by atoms with E-state index in [0.29, 0.717) is 12.1 Å². The van der Waals surface area contributed by atoms with Gasteiger partial charge in [-0.2, -0.15) is 5.10 Å². The quantitative estimate of drug-likeness (QED) is 0.226. The molecule has 3 aromatic rings. The number of ether oxygens (including phenoxy) is 3. The summed E-state index contributed by atoms with van der Waals surface area (Å²) in [6, 6.07) is 13.4. The van der Waals surface area contributed by atoms with E-state index in [0.717, 1.165) is 27.8 Å². The average molecular weight is 545 g/mol. The highest BCUT2D eigenvalue weighted by Gasteiger charge is 2.55. The van der Waals surface area contributed by atoms with Crippen LogP contribution in [0.2, 0.25) is 0 Å². The number of methoxy groups -OCH3 is 1. The highest BCUT2D eigenvalue weighted by atomic mass is 16.6. The fourth-order valence-electron chi connectivity index (χ4n) is 5.46. The van der Waals surface area contributed by atoms with Crippen molar-refractivity contribution < 1.29 is 28.6 Å². The summed E-state index contributed by atoms with van der Waals surface area (Å²) in [7, 11) is 1.36. The second-order valence-electron chi connectivity index (χ2n) is 11.3. The van der Waals surface area contributed by atoms with Gasteiger partial charge in [0.2, 0.25) is 0 Å². The van der Waals surface area contributed by atoms with E-state index >= 15 is 0 Å². The topological polar surface area (TPSA) is 96.7 Å². The second-order valence-corrected chi connectivity index (χ2v) is 11.3. The van der Waals surface area contributed by atoms with Crippen molar-refractivity contribution in [3.8, 4) is 0 Å². The molecular formula is C32H36N2O6. The van der Waals surface area contributed by atoms with Gasteiger partial charge in [0.1, 0.15) is 12.2 Å². The molecule has 0 amide bonds. The highest BCUT2D eigenvalue weighted by molar-refractivity contribution is 5.89. The van der Waals surface area contributed by atoms with Gasteiger partial charge in [-0.3, -0.25) is 14.3 Å². The summed E-state index contributed by atoms with van der Waals surface area (Å²) < 4.78 is 18.4. The zero-order chi connectivity index (χ0) is 29.2. The standard InChI is InChI=1S/C32H36N2O6/c1-20(35)39-28-29(40-21(2)36)32(5,6)27-18-25(19-34-16-8-15-33-34)24(17-26(27)31(28,3)4)14-11-22-9-12-23(13-10-22)30(37)38-7/h8-18,28-29H,19H2,1-7H3/t28-,29+/m0/s1. The van der Waals surface area contributed by atoms with Crippen molar-refractivity contribution >= 4 is 30.1 Å². The highest BCUT2D eigenvalue weighted by Crippen LogP contribution is 2.49. The number of benzene rings is 2. The van der Waals surface area contributed by atoms with E-state index in [1.807, 2.05) is 68.9 Å². The van der Waals surface area contributed by atoms with Crippen LogP contribution in [0, 0.1) is 0 Å². The summed E-state index contributed by atoms with van der Waals surface area (Å²) >= 11 is 0. The average Bonchev–Trinajstić information content (AvgIpc) is 3.41. The van der Waals surface area contributed by atoms with E-state index in [2.05, 4.69) is 17.2 Å². The van der Waals surface area contributed by atoms with Crippen molar-refractivity contribution in [3.05, 3.63) is 88.2 Å². The Balaban J connectivity index is 1.86. The van der Waals surface area contributed by atoms with Crippen molar-refractivity contribution in [3.63, 3.8) is 0 Å². The van der Waals surface area contributed by atoms with Crippen molar-refractivity contribution in [2.24, 2.45) is 0 Å². The lowest BCUT2D eigenvalue weighted by atomic mass is 9.59. The number of rotatable bonds is 7. The normalized spacial score (nSPS) is 19.1. The monoisotopic (exact) mass is 544 g/mol. The van der Waals surface area contributed by atoms with Gasteiger partial charge in [-0.25, -0.2) is 4.79 Å². The van der Waals surface area contributed by atoms with Crippen LogP contribution in [0.1, 0.15) is 79.7 Å². The third-order valence-electron chi connectivity index (χ3n) is 7.63. The van der Waals surface area contributed by atoms with Crippen LogP contribution in [0.25, 0.3) is 12.2 Å². The maximum absolute atomic E-state index is 12.2. The van der Waals surface area contributed by atoms with E-state index in [4.69, 9.17) is 14.2 Å². The summed E-state index contributed by atoms with van der Waals surface area (Å²) in [6.45, 7) is 11.3. The maximum Gasteiger partial charge on any atom is 0.337 e. The summed E-state index contributed by atoms with van der Waals surface area (Å²) in [5.41, 5.74) is 4.13. The molecule has 2 atom stereocenters. The lowest BCUT2D eigenvalue weighted by Gasteiger charge is -2.51. The molecule has 210 valence electrons. The summed E-state index contributed by atoms with van der Waals surface area (Å²) in [5.74, 6) is -1.24. The number of aromatic nitrogens is 2. The first-order valence-electron chi connectivity index (χ1n) is 13.2. The molecule has 0 saturated heterocycles. The molecule has 0 bridgehead atoms. The molecule has 40 heavy (non-hydrogen) atoms. The fraction of sp³-hybridized carbons (Fsp3) is 0.375. The van der Waals surface area contributed by atoms with Gasteiger partial charge in [0, 0.05) is 37.1 Å². The van der Waals surface area contributed by atoms with Crippen LogP contribution in [0.4, 0.5) is 0 Å². The Labute approximate surface area is 234 Å². The Morgan fingerprint density at radius 3 is 1.98 bits per heavy atom. The second kappa shape index (κ2) is 11.1. The molecular weight excluding hydrogens is 508 g/mol. The van der Waals surface area contributed by atoms with Gasteiger partial charge in [0.05, 0.1) is 19.2 Å². The minimum absolute atomic E-state index is 0.383. The molecule has 8 nitrogen and oxygen atoms in total. The molecule has 1 aliphatic rings. The predicted octanol–water partition coefficient (Wildman–Crippen LogP) is 5.32. The Morgan fingerprint density at radius 1 is 0.900 bits per heavy atom. The number of hydrogen-bond donors (Lipinski definition) is 0. The molecule has 0 spiro atoms. The maximum atomic E-state index is 12.2. The SMILES string of the molecule is COC(=O)c1ccc(C=Cc2cc3c(cc2Cn2cccn2)C(C)(C)[C@H](OC(C)=O)[C@H](OC(C)=O)C3(C)C)cc1. The van der Waals surface area contributed by atoms with Crippen LogP contribution in [-0.2, 0) is 41.2 Å². The van der Waals surface area contributed by atoms with Crippen LogP contribution in [0.15, 0.2) is 54.9 Å². The molecule has 0 fully saturated rings. The molecule has 1 aliphatic carbocycles. The number of fused-ring (bicyclic) bond motifs is 1. The molecule has 1 heterocycles. The molecule has 0 N–H and O–H groups in total.